The van der Waals surface area contributed by atoms with Gasteiger partial charge in [0.25, 0.3) is 0 Å². The van der Waals surface area contributed by atoms with Crippen LogP contribution in [0.25, 0.3) is 0 Å². The van der Waals surface area contributed by atoms with E-state index in [0.29, 0.717) is 12.6 Å². The van der Waals surface area contributed by atoms with Gasteiger partial charge in [0, 0.05) is 38.2 Å². The smallest absolute Gasteiger partial charge is 0.194 e. The molecule has 0 saturated heterocycles. The van der Waals surface area contributed by atoms with Gasteiger partial charge in [-0.2, -0.15) is 0 Å². The zero-order valence-corrected chi connectivity index (χ0v) is 20.0. The highest BCUT2D eigenvalue weighted by Gasteiger charge is 2.19. The number of guanidine groups is 1. The van der Waals surface area contributed by atoms with E-state index in [-0.39, 0.29) is 24.0 Å². The quantitative estimate of drug-likeness (QED) is 0.333. The summed E-state index contributed by atoms with van der Waals surface area (Å²) in [5.41, 5.74) is 1.15. The van der Waals surface area contributed by atoms with E-state index in [1.54, 1.807) is 13.4 Å². The Morgan fingerprint density at radius 1 is 1.31 bits per heavy atom. The first kappa shape index (κ1) is 23.4. The molecule has 0 unspecified atom stereocenters. The normalized spacial score (nSPS) is 14.5. The molecule has 1 N–H and O–H groups in total. The van der Waals surface area contributed by atoms with Crippen molar-refractivity contribution < 1.29 is 4.74 Å². The van der Waals surface area contributed by atoms with Crippen molar-refractivity contribution in [3.63, 3.8) is 0 Å². The number of hydrogen-bond acceptors (Lipinski definition) is 4. The summed E-state index contributed by atoms with van der Waals surface area (Å²) < 4.78 is 7.59. The predicted molar refractivity (Wildman–Crippen MR) is 127 cm³/mol. The number of aliphatic imine (C=N–C) groups is 1. The minimum atomic E-state index is 0. The van der Waals surface area contributed by atoms with Gasteiger partial charge in [-0.15, -0.1) is 34.2 Å². The second-order valence-corrected chi connectivity index (χ2v) is 7.29. The molecule has 0 spiro atoms. The van der Waals surface area contributed by atoms with Crippen LogP contribution in [0.15, 0.2) is 35.6 Å². The molecule has 1 aromatic carbocycles. The number of nitrogens with zero attached hydrogens (tertiary/aromatic N) is 5. The first-order valence-corrected chi connectivity index (χ1v) is 10.2. The number of para-hydroxylation sites is 1. The summed E-state index contributed by atoms with van der Waals surface area (Å²) in [5.74, 6) is 2.86. The van der Waals surface area contributed by atoms with Crippen LogP contribution in [-0.4, -0.2) is 52.4 Å². The average Bonchev–Trinajstić information content (AvgIpc) is 3.39. The van der Waals surface area contributed by atoms with Crippen molar-refractivity contribution >= 4 is 29.9 Å². The fourth-order valence-electron chi connectivity index (χ4n) is 3.70. The second-order valence-electron chi connectivity index (χ2n) is 7.29. The number of ether oxygens (including phenoxy) is 1. The minimum Gasteiger partial charge on any atom is -0.496 e. The van der Waals surface area contributed by atoms with Crippen LogP contribution in [0.3, 0.4) is 0 Å². The lowest BCUT2D eigenvalue weighted by Gasteiger charge is -2.26. The van der Waals surface area contributed by atoms with Crippen LogP contribution in [0.1, 0.15) is 44.0 Å². The van der Waals surface area contributed by atoms with Crippen LogP contribution < -0.4 is 10.1 Å². The summed E-state index contributed by atoms with van der Waals surface area (Å²) in [6.45, 7) is 4.32. The van der Waals surface area contributed by atoms with Crippen LogP contribution in [0.5, 0.6) is 5.75 Å². The van der Waals surface area contributed by atoms with E-state index in [4.69, 9.17) is 9.73 Å². The van der Waals surface area contributed by atoms with E-state index >= 15 is 0 Å². The number of nitrogens with one attached hydrogen (secondary N) is 1. The molecule has 160 valence electrons. The van der Waals surface area contributed by atoms with Crippen molar-refractivity contribution in [1.29, 1.82) is 0 Å². The van der Waals surface area contributed by atoms with Crippen LogP contribution in [0.2, 0.25) is 0 Å². The Hall–Kier alpha value is -1.84. The summed E-state index contributed by atoms with van der Waals surface area (Å²) in [4.78, 5) is 7.09. The number of rotatable bonds is 8. The molecular formula is C21H33IN6O. The molecule has 3 rings (SSSR count). The molecule has 1 fully saturated rings. The lowest BCUT2D eigenvalue weighted by atomic mass is 10.2. The molecule has 1 heterocycles. The Labute approximate surface area is 191 Å². The summed E-state index contributed by atoms with van der Waals surface area (Å²) in [6, 6.07) is 8.67. The van der Waals surface area contributed by atoms with Gasteiger partial charge in [0.05, 0.1) is 13.7 Å². The van der Waals surface area contributed by atoms with Gasteiger partial charge in [0.1, 0.15) is 17.9 Å². The summed E-state index contributed by atoms with van der Waals surface area (Å²) in [6.07, 6.45) is 7.69. The van der Waals surface area contributed by atoms with Gasteiger partial charge < -0.3 is 19.5 Å². The predicted octanol–water partition coefficient (Wildman–Crippen LogP) is 3.49. The Morgan fingerprint density at radius 2 is 2.07 bits per heavy atom. The Kier molecular flexibility index (Phi) is 9.69. The highest BCUT2D eigenvalue weighted by atomic mass is 127. The van der Waals surface area contributed by atoms with Gasteiger partial charge in [0.2, 0.25) is 0 Å². The van der Waals surface area contributed by atoms with Crippen LogP contribution in [-0.2, 0) is 19.5 Å². The fourth-order valence-corrected chi connectivity index (χ4v) is 3.70. The van der Waals surface area contributed by atoms with Crippen molar-refractivity contribution in [2.45, 2.75) is 58.2 Å². The minimum absolute atomic E-state index is 0. The van der Waals surface area contributed by atoms with Gasteiger partial charge in [-0.1, -0.05) is 38.0 Å². The highest BCUT2D eigenvalue weighted by Crippen LogP contribution is 2.20. The highest BCUT2D eigenvalue weighted by molar-refractivity contribution is 14.0. The lowest BCUT2D eigenvalue weighted by Crippen LogP contribution is -2.43. The molecule has 0 amide bonds. The van der Waals surface area contributed by atoms with Gasteiger partial charge >= 0.3 is 0 Å². The Morgan fingerprint density at radius 3 is 2.79 bits per heavy atom. The third kappa shape index (κ3) is 6.58. The molecule has 1 saturated carbocycles. The molecular weight excluding hydrogens is 479 g/mol. The van der Waals surface area contributed by atoms with E-state index in [1.807, 2.05) is 18.2 Å². The van der Waals surface area contributed by atoms with Crippen molar-refractivity contribution in [2.24, 2.45) is 4.99 Å². The van der Waals surface area contributed by atoms with E-state index < -0.39 is 0 Å². The Bertz CT molecular complexity index is 772. The molecule has 0 aliphatic heterocycles. The SMILES string of the molecule is CCc1nncn1CCN=C(NC1CCCC1)N(C)Cc1ccccc1OC.I. The van der Waals surface area contributed by atoms with Gasteiger partial charge in [0.15, 0.2) is 5.96 Å². The summed E-state index contributed by atoms with van der Waals surface area (Å²) in [5, 5.41) is 11.8. The molecule has 0 bridgehead atoms. The molecule has 7 nitrogen and oxygen atoms in total. The van der Waals surface area contributed by atoms with E-state index in [9.17, 15) is 0 Å². The lowest BCUT2D eigenvalue weighted by molar-refractivity contribution is 0.394. The number of hydrogen-bond donors (Lipinski definition) is 1. The van der Waals surface area contributed by atoms with Gasteiger partial charge in [-0.25, -0.2) is 0 Å². The zero-order valence-electron chi connectivity index (χ0n) is 17.7. The molecule has 1 aromatic heterocycles. The molecule has 0 atom stereocenters. The first-order chi connectivity index (χ1) is 13.7. The fraction of sp³-hybridized carbons (Fsp3) is 0.571. The number of aryl methyl sites for hydroxylation is 1. The summed E-state index contributed by atoms with van der Waals surface area (Å²) >= 11 is 0. The maximum Gasteiger partial charge on any atom is 0.194 e. The van der Waals surface area contributed by atoms with E-state index in [0.717, 1.165) is 42.6 Å². The van der Waals surface area contributed by atoms with Crippen molar-refractivity contribution in [3.05, 3.63) is 42.0 Å². The number of aromatic nitrogens is 3. The number of methoxy groups -OCH3 is 1. The van der Waals surface area contributed by atoms with Crippen molar-refractivity contribution in [3.8, 4) is 5.75 Å². The third-order valence-electron chi connectivity index (χ3n) is 5.26. The van der Waals surface area contributed by atoms with Gasteiger partial charge in [-0.05, 0) is 18.9 Å². The van der Waals surface area contributed by atoms with Crippen molar-refractivity contribution in [2.75, 3.05) is 20.7 Å². The maximum absolute atomic E-state index is 5.51. The molecule has 29 heavy (non-hydrogen) atoms. The maximum atomic E-state index is 5.51. The van der Waals surface area contributed by atoms with E-state index in [1.165, 1.54) is 25.7 Å². The van der Waals surface area contributed by atoms with Crippen LogP contribution >= 0.6 is 24.0 Å². The van der Waals surface area contributed by atoms with E-state index in [2.05, 4.69) is 45.0 Å². The average molecular weight is 512 g/mol. The number of benzene rings is 1. The standard InChI is InChI=1S/C21H32N6O.HI/c1-4-20-25-23-16-27(20)14-13-22-21(24-18-10-6-7-11-18)26(2)15-17-9-5-8-12-19(17)28-3;/h5,8-9,12,16,18H,4,6-7,10-11,13-15H2,1-3H3,(H,22,24);1H. The zero-order chi connectivity index (χ0) is 19.8. The molecule has 1 aliphatic carbocycles. The molecule has 1 aliphatic rings. The van der Waals surface area contributed by atoms with Crippen LogP contribution in [0.4, 0.5) is 0 Å². The van der Waals surface area contributed by atoms with Gasteiger partial charge in [-0.3, -0.25) is 4.99 Å². The molecule has 8 heteroatoms. The third-order valence-corrected chi connectivity index (χ3v) is 5.26. The molecule has 2 aromatic rings. The van der Waals surface area contributed by atoms with Crippen molar-refractivity contribution in [1.82, 2.24) is 25.0 Å². The Balaban J connectivity index is 0.00000300. The van der Waals surface area contributed by atoms with Crippen LogP contribution in [0, 0.1) is 0 Å². The topological polar surface area (TPSA) is 67.6 Å². The largest absolute Gasteiger partial charge is 0.496 e. The molecule has 0 radical (unpaired) electrons. The number of halogens is 1. The first-order valence-electron chi connectivity index (χ1n) is 10.2. The summed E-state index contributed by atoms with van der Waals surface area (Å²) in [7, 11) is 3.80. The second kappa shape index (κ2) is 12.0. The monoisotopic (exact) mass is 512 g/mol.